The molecule has 0 spiro atoms. The average Bonchev–Trinajstić information content (AvgIpc) is 2.45. The Hall–Kier alpha value is -0.650. The van der Waals surface area contributed by atoms with Crippen LogP contribution in [0.3, 0.4) is 0 Å². The molecule has 118 valence electrons. The molecule has 1 rings (SSSR count). The van der Waals surface area contributed by atoms with Crippen LogP contribution in [0.4, 0.5) is 0 Å². The van der Waals surface area contributed by atoms with E-state index < -0.39 is 0 Å². The molecule has 1 N–H and O–H groups in total. The van der Waals surface area contributed by atoms with E-state index in [2.05, 4.69) is 17.1 Å². The topological polar surface area (TPSA) is 50.8 Å². The minimum Gasteiger partial charge on any atom is -0.465 e. The van der Waals surface area contributed by atoms with Gasteiger partial charge >= 0.3 is 5.97 Å². The van der Waals surface area contributed by atoms with Crippen LogP contribution < -0.4 is 5.32 Å². The van der Waals surface area contributed by atoms with E-state index >= 15 is 0 Å². The van der Waals surface area contributed by atoms with Gasteiger partial charge in [-0.05, 0) is 25.8 Å². The minimum atomic E-state index is -0.0813. The lowest BCUT2D eigenvalue weighted by molar-refractivity contribution is -0.146. The third-order valence-electron chi connectivity index (χ3n) is 3.71. The van der Waals surface area contributed by atoms with E-state index in [0.717, 1.165) is 45.5 Å². The smallest absolute Gasteiger partial charge is 0.320 e. The fourth-order valence-corrected chi connectivity index (χ4v) is 2.48. The first-order chi connectivity index (χ1) is 9.77. The van der Waals surface area contributed by atoms with E-state index in [4.69, 9.17) is 9.47 Å². The molecule has 1 aliphatic rings. The van der Waals surface area contributed by atoms with E-state index in [0.29, 0.717) is 19.2 Å². The molecule has 1 heterocycles. The zero-order valence-corrected chi connectivity index (χ0v) is 13.0. The van der Waals surface area contributed by atoms with Gasteiger partial charge in [0, 0.05) is 26.2 Å². The Kier molecular flexibility index (Phi) is 9.62. The van der Waals surface area contributed by atoms with Crippen LogP contribution in [0.5, 0.6) is 0 Å². The number of hydrogen-bond donors (Lipinski definition) is 1. The van der Waals surface area contributed by atoms with Crippen LogP contribution in [-0.4, -0.2) is 63.4 Å². The van der Waals surface area contributed by atoms with Gasteiger partial charge in [0.05, 0.1) is 19.8 Å². The Morgan fingerprint density at radius 2 is 2.20 bits per heavy atom. The molecule has 1 unspecified atom stereocenters. The summed E-state index contributed by atoms with van der Waals surface area (Å²) in [5, 5.41) is 3.39. The molecule has 0 aliphatic carbocycles. The van der Waals surface area contributed by atoms with E-state index in [-0.39, 0.29) is 5.97 Å². The quantitative estimate of drug-likeness (QED) is 0.486. The van der Waals surface area contributed by atoms with E-state index in [9.17, 15) is 4.79 Å². The lowest BCUT2D eigenvalue weighted by Crippen LogP contribution is -2.48. The molecule has 1 saturated heterocycles. The van der Waals surface area contributed by atoms with E-state index in [1.807, 2.05) is 0 Å². The van der Waals surface area contributed by atoms with Crippen molar-refractivity contribution in [3.63, 3.8) is 0 Å². The summed E-state index contributed by atoms with van der Waals surface area (Å²) < 4.78 is 10.3. The van der Waals surface area contributed by atoms with Gasteiger partial charge in [-0.3, -0.25) is 9.69 Å². The Morgan fingerprint density at radius 1 is 1.35 bits per heavy atom. The van der Waals surface area contributed by atoms with Crippen LogP contribution in [-0.2, 0) is 14.3 Å². The highest BCUT2D eigenvalue weighted by Crippen LogP contribution is 2.16. The number of piperidine rings is 1. The Bertz CT molecular complexity index is 262. The standard InChI is InChI=1S/C15H30N2O3/c1-3-4-10-20-15(18)13-17-9-6-5-7-14(17)12-16-8-11-19-2/h14,16H,3-13H2,1-2H3. The van der Waals surface area contributed by atoms with Gasteiger partial charge in [0.25, 0.3) is 0 Å². The number of hydrogen-bond acceptors (Lipinski definition) is 5. The van der Waals surface area contributed by atoms with Crippen molar-refractivity contribution in [3.05, 3.63) is 0 Å². The number of carbonyl (C=O) groups is 1. The van der Waals surface area contributed by atoms with Gasteiger partial charge in [-0.2, -0.15) is 0 Å². The molecular weight excluding hydrogens is 256 g/mol. The maximum Gasteiger partial charge on any atom is 0.320 e. The van der Waals surface area contributed by atoms with E-state index in [1.54, 1.807) is 7.11 Å². The molecule has 0 bridgehead atoms. The summed E-state index contributed by atoms with van der Waals surface area (Å²) in [5.41, 5.74) is 0. The number of esters is 1. The molecule has 20 heavy (non-hydrogen) atoms. The molecule has 1 fully saturated rings. The van der Waals surface area contributed by atoms with Gasteiger partial charge in [-0.1, -0.05) is 19.8 Å². The number of ether oxygens (including phenoxy) is 2. The zero-order chi connectivity index (χ0) is 14.6. The molecule has 1 aliphatic heterocycles. The maximum absolute atomic E-state index is 11.8. The highest BCUT2D eigenvalue weighted by atomic mass is 16.5. The second kappa shape index (κ2) is 11.1. The molecule has 0 saturated carbocycles. The van der Waals surface area contributed by atoms with Gasteiger partial charge in [0.2, 0.25) is 0 Å². The summed E-state index contributed by atoms with van der Waals surface area (Å²) in [5.74, 6) is -0.0813. The third-order valence-corrected chi connectivity index (χ3v) is 3.71. The molecule has 5 nitrogen and oxygen atoms in total. The van der Waals surface area contributed by atoms with Crippen molar-refractivity contribution in [1.82, 2.24) is 10.2 Å². The van der Waals surface area contributed by atoms with Crippen LogP contribution >= 0.6 is 0 Å². The van der Waals surface area contributed by atoms with Gasteiger partial charge < -0.3 is 14.8 Å². The first-order valence-corrected chi connectivity index (χ1v) is 7.87. The minimum absolute atomic E-state index is 0.0813. The number of carbonyl (C=O) groups excluding carboxylic acids is 1. The summed E-state index contributed by atoms with van der Waals surface area (Å²) in [6, 6.07) is 0.444. The van der Waals surface area contributed by atoms with Crippen LogP contribution in [0.25, 0.3) is 0 Å². The first-order valence-electron chi connectivity index (χ1n) is 7.87. The summed E-state index contributed by atoms with van der Waals surface area (Å²) in [6.07, 6.45) is 5.59. The van der Waals surface area contributed by atoms with Crippen molar-refractivity contribution in [1.29, 1.82) is 0 Å². The Labute approximate surface area is 123 Å². The fraction of sp³-hybridized carbons (Fsp3) is 0.933. The second-order valence-electron chi connectivity index (χ2n) is 5.39. The van der Waals surface area contributed by atoms with Gasteiger partial charge in [-0.15, -0.1) is 0 Å². The maximum atomic E-state index is 11.8. The van der Waals surface area contributed by atoms with Gasteiger partial charge in [0.1, 0.15) is 0 Å². The predicted octanol–water partition coefficient (Wildman–Crippen LogP) is 1.42. The summed E-state index contributed by atoms with van der Waals surface area (Å²) >= 11 is 0. The monoisotopic (exact) mass is 286 g/mol. The SMILES string of the molecule is CCCCOC(=O)CN1CCCCC1CNCCOC. The number of unbranched alkanes of at least 4 members (excludes halogenated alkanes) is 1. The molecule has 5 heteroatoms. The number of rotatable bonds is 10. The molecular formula is C15H30N2O3. The third kappa shape index (κ3) is 7.22. The molecule has 0 aromatic heterocycles. The summed E-state index contributed by atoms with van der Waals surface area (Å²) in [4.78, 5) is 14.1. The molecule has 0 aromatic rings. The van der Waals surface area contributed by atoms with Gasteiger partial charge in [-0.25, -0.2) is 0 Å². The van der Waals surface area contributed by atoms with Crippen LogP contribution in [0.1, 0.15) is 39.0 Å². The number of likely N-dealkylation sites (tertiary alicyclic amines) is 1. The molecule has 0 radical (unpaired) electrons. The lowest BCUT2D eigenvalue weighted by Gasteiger charge is -2.35. The second-order valence-corrected chi connectivity index (χ2v) is 5.39. The Morgan fingerprint density at radius 3 is 2.95 bits per heavy atom. The van der Waals surface area contributed by atoms with Crippen molar-refractivity contribution >= 4 is 5.97 Å². The van der Waals surface area contributed by atoms with Crippen LogP contribution in [0, 0.1) is 0 Å². The van der Waals surface area contributed by atoms with Crippen LogP contribution in [0.15, 0.2) is 0 Å². The lowest BCUT2D eigenvalue weighted by atomic mass is 10.0. The fourth-order valence-electron chi connectivity index (χ4n) is 2.48. The van der Waals surface area contributed by atoms with E-state index in [1.165, 1.54) is 12.8 Å². The molecule has 1 atom stereocenters. The summed E-state index contributed by atoms with van der Waals surface area (Å²) in [6.45, 7) is 6.60. The zero-order valence-electron chi connectivity index (χ0n) is 13.0. The predicted molar refractivity (Wildman–Crippen MR) is 79.8 cm³/mol. The Balaban J connectivity index is 2.26. The average molecular weight is 286 g/mol. The number of nitrogens with zero attached hydrogens (tertiary/aromatic N) is 1. The van der Waals surface area contributed by atoms with Crippen molar-refractivity contribution in [2.75, 3.05) is 46.5 Å². The van der Waals surface area contributed by atoms with Crippen molar-refractivity contribution in [2.45, 2.75) is 45.1 Å². The number of methoxy groups -OCH3 is 1. The normalized spacial score (nSPS) is 20.0. The molecule has 0 amide bonds. The number of nitrogens with one attached hydrogen (secondary N) is 1. The highest BCUT2D eigenvalue weighted by molar-refractivity contribution is 5.71. The largest absolute Gasteiger partial charge is 0.465 e. The highest BCUT2D eigenvalue weighted by Gasteiger charge is 2.24. The van der Waals surface area contributed by atoms with Crippen molar-refractivity contribution in [2.24, 2.45) is 0 Å². The van der Waals surface area contributed by atoms with Crippen LogP contribution in [0.2, 0.25) is 0 Å². The first kappa shape index (κ1) is 17.4. The van der Waals surface area contributed by atoms with Crippen molar-refractivity contribution < 1.29 is 14.3 Å². The summed E-state index contributed by atoms with van der Waals surface area (Å²) in [7, 11) is 1.71. The van der Waals surface area contributed by atoms with Gasteiger partial charge in [0.15, 0.2) is 0 Å². The van der Waals surface area contributed by atoms with Crippen molar-refractivity contribution in [3.8, 4) is 0 Å². The molecule has 0 aromatic carbocycles.